The summed E-state index contributed by atoms with van der Waals surface area (Å²) in [6, 6.07) is 7.22. The number of nitrogens with zero attached hydrogens (tertiary/aromatic N) is 3. The van der Waals surface area contributed by atoms with E-state index in [1.54, 1.807) is 23.7 Å². The van der Waals surface area contributed by atoms with E-state index in [1.165, 1.54) is 25.5 Å². The smallest absolute Gasteiger partial charge is 0.339 e. The number of aromatic carboxylic acids is 1. The van der Waals surface area contributed by atoms with Crippen LogP contribution in [0.4, 0.5) is 0 Å². The number of carbonyl (C=O) groups is 2. The maximum Gasteiger partial charge on any atom is 0.339 e. The van der Waals surface area contributed by atoms with E-state index in [0.29, 0.717) is 16.7 Å². The zero-order valence-electron chi connectivity index (χ0n) is 14.2. The van der Waals surface area contributed by atoms with Gasteiger partial charge in [0.15, 0.2) is 0 Å². The summed E-state index contributed by atoms with van der Waals surface area (Å²) >= 11 is 0. The van der Waals surface area contributed by atoms with Crippen LogP contribution in [0.2, 0.25) is 0 Å². The molecule has 1 spiro atoms. The van der Waals surface area contributed by atoms with E-state index in [1.807, 2.05) is 17.0 Å². The molecule has 25 heavy (non-hydrogen) atoms. The minimum Gasteiger partial charge on any atom is -0.478 e. The van der Waals surface area contributed by atoms with E-state index in [-0.39, 0.29) is 11.5 Å². The van der Waals surface area contributed by atoms with Gasteiger partial charge in [-0.1, -0.05) is 6.42 Å². The molecule has 0 bridgehead atoms. The molecule has 4 rings (SSSR count). The molecule has 1 aliphatic carbocycles. The van der Waals surface area contributed by atoms with Gasteiger partial charge in [0.1, 0.15) is 5.56 Å². The predicted octanol–water partition coefficient (Wildman–Crippen LogP) is 2.90. The van der Waals surface area contributed by atoms with E-state index >= 15 is 0 Å². The monoisotopic (exact) mass is 339 g/mol. The van der Waals surface area contributed by atoms with Crippen LogP contribution in [0.1, 0.15) is 52.1 Å². The lowest BCUT2D eigenvalue weighted by Crippen LogP contribution is -2.35. The van der Waals surface area contributed by atoms with Gasteiger partial charge in [-0.05, 0) is 55.9 Å². The number of carboxylic acids is 1. The molecular weight excluding hydrogens is 318 g/mol. The number of hydrogen-bond acceptors (Lipinski definition) is 3. The molecule has 2 aliphatic rings. The minimum atomic E-state index is -0.991. The summed E-state index contributed by atoms with van der Waals surface area (Å²) in [5.74, 6) is -0.909. The molecule has 1 aromatic heterocycles. The van der Waals surface area contributed by atoms with Gasteiger partial charge in [0.05, 0.1) is 17.6 Å². The van der Waals surface area contributed by atoms with Crippen LogP contribution >= 0.6 is 0 Å². The summed E-state index contributed by atoms with van der Waals surface area (Å²) in [5, 5.41) is 13.3. The number of benzene rings is 1. The minimum absolute atomic E-state index is 0.0822. The van der Waals surface area contributed by atoms with Crippen LogP contribution in [-0.4, -0.2) is 44.8 Å². The Morgan fingerprint density at radius 1 is 1.16 bits per heavy atom. The highest BCUT2D eigenvalue weighted by molar-refractivity contribution is 5.94. The van der Waals surface area contributed by atoms with Crippen molar-refractivity contribution in [3.05, 3.63) is 47.3 Å². The third-order valence-electron chi connectivity index (χ3n) is 5.74. The Kier molecular flexibility index (Phi) is 3.63. The highest BCUT2D eigenvalue weighted by atomic mass is 16.4. The molecule has 0 unspecified atom stereocenters. The highest BCUT2D eigenvalue weighted by Gasteiger charge is 2.44. The first-order valence-corrected chi connectivity index (χ1v) is 8.67. The van der Waals surface area contributed by atoms with Gasteiger partial charge in [0.2, 0.25) is 0 Å². The Balaban J connectivity index is 1.52. The van der Waals surface area contributed by atoms with Gasteiger partial charge in [0, 0.05) is 18.7 Å². The lowest BCUT2D eigenvalue weighted by molar-refractivity contribution is 0.0694. The van der Waals surface area contributed by atoms with Crippen molar-refractivity contribution in [3.8, 4) is 5.69 Å². The molecular formula is C19H21N3O3. The Bertz CT molecular complexity index is 834. The fourth-order valence-electron chi connectivity index (χ4n) is 4.00. The zero-order valence-corrected chi connectivity index (χ0v) is 14.2. The first-order chi connectivity index (χ1) is 12.0. The van der Waals surface area contributed by atoms with Crippen LogP contribution in [0, 0.1) is 12.3 Å². The molecule has 1 saturated heterocycles. The third kappa shape index (κ3) is 2.62. The summed E-state index contributed by atoms with van der Waals surface area (Å²) < 4.78 is 1.58. The van der Waals surface area contributed by atoms with Gasteiger partial charge in [-0.15, -0.1) is 0 Å². The SMILES string of the molecule is Cc1c(C(=O)O)cnn1-c1ccc(C(=O)N2CCC3(CCC3)C2)cc1. The fraction of sp³-hybridized carbons (Fsp3) is 0.421. The lowest BCUT2D eigenvalue weighted by atomic mass is 9.68. The van der Waals surface area contributed by atoms with Gasteiger partial charge in [-0.25, -0.2) is 9.48 Å². The van der Waals surface area contributed by atoms with Gasteiger partial charge in [0.25, 0.3) is 5.91 Å². The summed E-state index contributed by atoms with van der Waals surface area (Å²) in [7, 11) is 0. The van der Waals surface area contributed by atoms with Crippen molar-refractivity contribution in [2.24, 2.45) is 5.41 Å². The molecule has 6 nitrogen and oxygen atoms in total. The Labute approximate surface area is 146 Å². The van der Waals surface area contributed by atoms with Crippen molar-refractivity contribution in [2.75, 3.05) is 13.1 Å². The summed E-state index contributed by atoms with van der Waals surface area (Å²) in [6.45, 7) is 3.45. The van der Waals surface area contributed by atoms with Crippen molar-refractivity contribution in [1.29, 1.82) is 0 Å². The van der Waals surface area contributed by atoms with Crippen molar-refractivity contribution in [2.45, 2.75) is 32.6 Å². The number of likely N-dealkylation sites (tertiary alicyclic amines) is 1. The second kappa shape index (κ2) is 5.72. The maximum atomic E-state index is 12.7. The van der Waals surface area contributed by atoms with Gasteiger partial charge in [-0.2, -0.15) is 5.10 Å². The molecule has 2 aromatic rings. The molecule has 1 amide bonds. The van der Waals surface area contributed by atoms with E-state index in [9.17, 15) is 9.59 Å². The number of amides is 1. The van der Waals surface area contributed by atoms with Crippen molar-refractivity contribution < 1.29 is 14.7 Å². The first kappa shape index (κ1) is 15.9. The quantitative estimate of drug-likeness (QED) is 0.933. The average molecular weight is 339 g/mol. The van der Waals surface area contributed by atoms with Crippen LogP contribution in [0.5, 0.6) is 0 Å². The number of rotatable bonds is 3. The number of carbonyl (C=O) groups excluding carboxylic acids is 1. The van der Waals surface area contributed by atoms with Gasteiger partial charge >= 0.3 is 5.97 Å². The molecule has 2 fully saturated rings. The molecule has 0 atom stereocenters. The fourth-order valence-corrected chi connectivity index (χ4v) is 4.00. The zero-order chi connectivity index (χ0) is 17.6. The Hall–Kier alpha value is -2.63. The van der Waals surface area contributed by atoms with Crippen LogP contribution in [0.25, 0.3) is 5.69 Å². The molecule has 1 aliphatic heterocycles. The number of carboxylic acid groups (broad SMARTS) is 1. The van der Waals surface area contributed by atoms with E-state index in [0.717, 1.165) is 25.2 Å². The number of hydrogen-bond donors (Lipinski definition) is 1. The van der Waals surface area contributed by atoms with Crippen LogP contribution in [0.3, 0.4) is 0 Å². The number of aromatic nitrogens is 2. The van der Waals surface area contributed by atoms with Crippen molar-refractivity contribution >= 4 is 11.9 Å². The average Bonchev–Trinajstić information content (AvgIpc) is 3.18. The Morgan fingerprint density at radius 3 is 2.40 bits per heavy atom. The van der Waals surface area contributed by atoms with E-state index < -0.39 is 5.97 Å². The molecule has 0 radical (unpaired) electrons. The predicted molar refractivity (Wildman–Crippen MR) is 92.1 cm³/mol. The summed E-state index contributed by atoms with van der Waals surface area (Å²) in [5.41, 5.74) is 2.57. The highest BCUT2D eigenvalue weighted by Crippen LogP contribution is 2.48. The largest absolute Gasteiger partial charge is 0.478 e. The lowest BCUT2D eigenvalue weighted by Gasteiger charge is -2.37. The molecule has 1 saturated carbocycles. The van der Waals surface area contributed by atoms with Crippen LogP contribution in [0.15, 0.2) is 30.5 Å². The summed E-state index contributed by atoms with van der Waals surface area (Å²) in [4.78, 5) is 25.8. The van der Waals surface area contributed by atoms with Gasteiger partial charge in [-0.3, -0.25) is 4.79 Å². The molecule has 130 valence electrons. The molecule has 6 heteroatoms. The topological polar surface area (TPSA) is 75.4 Å². The standard InChI is InChI=1S/C19H21N3O3/c1-13-16(18(24)25)11-20-22(13)15-5-3-14(4-6-15)17(23)21-10-9-19(12-21)7-2-8-19/h3-6,11H,2,7-10,12H2,1H3,(H,24,25). The van der Waals surface area contributed by atoms with Crippen LogP contribution in [-0.2, 0) is 0 Å². The van der Waals surface area contributed by atoms with E-state index in [2.05, 4.69) is 5.10 Å². The maximum absolute atomic E-state index is 12.7. The second-order valence-corrected chi connectivity index (χ2v) is 7.24. The normalized spacial score (nSPS) is 18.4. The van der Waals surface area contributed by atoms with Crippen molar-refractivity contribution in [1.82, 2.24) is 14.7 Å². The molecule has 2 heterocycles. The molecule has 1 N–H and O–H groups in total. The van der Waals surface area contributed by atoms with Crippen LogP contribution < -0.4 is 0 Å². The van der Waals surface area contributed by atoms with Crippen molar-refractivity contribution in [3.63, 3.8) is 0 Å². The van der Waals surface area contributed by atoms with E-state index in [4.69, 9.17) is 5.11 Å². The van der Waals surface area contributed by atoms with Gasteiger partial charge < -0.3 is 10.0 Å². The second-order valence-electron chi connectivity index (χ2n) is 7.24. The summed E-state index contributed by atoms with van der Waals surface area (Å²) in [6.07, 6.45) is 6.26. The third-order valence-corrected chi connectivity index (χ3v) is 5.74. The Morgan fingerprint density at radius 2 is 1.88 bits per heavy atom. The first-order valence-electron chi connectivity index (χ1n) is 8.67. The molecule has 1 aromatic carbocycles.